The van der Waals surface area contributed by atoms with E-state index in [1.165, 1.54) is 6.26 Å². The first-order valence-corrected chi connectivity index (χ1v) is 6.08. The van der Waals surface area contributed by atoms with Crippen LogP contribution in [0.5, 0.6) is 0 Å². The minimum Gasteiger partial charge on any atom is -0.501 e. The molecule has 0 aliphatic carbocycles. The molecule has 2 N–H and O–H groups in total. The summed E-state index contributed by atoms with van der Waals surface area (Å²) in [6.45, 7) is 0.544. The average molecular weight is 247 g/mol. The summed E-state index contributed by atoms with van der Waals surface area (Å²) in [7, 11) is 0. The predicted octanol–water partition coefficient (Wildman–Crippen LogP) is 1.53. The van der Waals surface area contributed by atoms with Crippen molar-refractivity contribution in [3.8, 4) is 0 Å². The van der Waals surface area contributed by atoms with E-state index in [1.807, 2.05) is 30.3 Å². The summed E-state index contributed by atoms with van der Waals surface area (Å²) in [4.78, 5) is 12.0. The second-order valence-corrected chi connectivity index (χ2v) is 4.24. The minimum atomic E-state index is -0.374. The lowest BCUT2D eigenvalue weighted by atomic mass is 10.1. The van der Waals surface area contributed by atoms with Gasteiger partial charge in [0.1, 0.15) is 0 Å². The summed E-state index contributed by atoms with van der Waals surface area (Å²) in [5.74, 6) is -0.169. The Morgan fingerprint density at radius 1 is 1.39 bits per heavy atom. The number of rotatable bonds is 4. The number of benzene rings is 1. The van der Waals surface area contributed by atoms with Gasteiger partial charge >= 0.3 is 0 Å². The maximum absolute atomic E-state index is 12.0. The molecule has 1 aromatic rings. The molecule has 1 atom stereocenters. The molecule has 4 heteroatoms. The zero-order chi connectivity index (χ0) is 12.8. The molecule has 4 nitrogen and oxygen atoms in total. The molecule has 1 heterocycles. The van der Waals surface area contributed by atoms with Gasteiger partial charge in [-0.1, -0.05) is 30.3 Å². The molecule has 0 spiro atoms. The Balaban J connectivity index is 2.02. The number of aliphatic hydroxyl groups excluding tert-OH is 1. The molecular weight excluding hydrogens is 230 g/mol. The number of ether oxygens (including phenoxy) is 1. The van der Waals surface area contributed by atoms with E-state index in [9.17, 15) is 9.90 Å². The highest BCUT2D eigenvalue weighted by atomic mass is 16.5. The van der Waals surface area contributed by atoms with Crippen molar-refractivity contribution in [2.24, 2.45) is 0 Å². The fourth-order valence-corrected chi connectivity index (χ4v) is 1.90. The van der Waals surface area contributed by atoms with E-state index in [2.05, 4.69) is 5.32 Å². The van der Waals surface area contributed by atoms with Crippen LogP contribution < -0.4 is 5.32 Å². The van der Waals surface area contributed by atoms with Crippen LogP contribution in [0.1, 0.15) is 24.4 Å². The zero-order valence-electron chi connectivity index (χ0n) is 10.1. The van der Waals surface area contributed by atoms with Crippen molar-refractivity contribution >= 4 is 5.91 Å². The number of aliphatic hydroxyl groups is 1. The highest BCUT2D eigenvalue weighted by molar-refractivity contribution is 5.93. The molecule has 0 saturated carbocycles. The predicted molar refractivity (Wildman–Crippen MR) is 67.7 cm³/mol. The Labute approximate surface area is 106 Å². The van der Waals surface area contributed by atoms with Crippen LogP contribution in [-0.2, 0) is 9.53 Å². The summed E-state index contributed by atoms with van der Waals surface area (Å²) in [5.41, 5.74) is 1.53. The number of nitrogens with one attached hydrogen (secondary N) is 1. The first-order chi connectivity index (χ1) is 8.81. The molecule has 2 rings (SSSR count). The molecule has 0 radical (unpaired) electrons. The van der Waals surface area contributed by atoms with Gasteiger partial charge in [0.15, 0.2) is 0 Å². The molecular formula is C14H17NO3. The zero-order valence-corrected chi connectivity index (χ0v) is 10.1. The van der Waals surface area contributed by atoms with Crippen LogP contribution in [0, 0.1) is 0 Å². The van der Waals surface area contributed by atoms with Crippen LogP contribution in [0.3, 0.4) is 0 Å². The summed E-state index contributed by atoms with van der Waals surface area (Å²) in [6, 6.07) is 9.05. The molecule has 18 heavy (non-hydrogen) atoms. The third kappa shape index (κ3) is 3.11. The molecule has 1 aromatic carbocycles. The Bertz CT molecular complexity index is 428. The van der Waals surface area contributed by atoms with Gasteiger partial charge in [-0.3, -0.25) is 4.79 Å². The third-order valence-corrected chi connectivity index (χ3v) is 2.92. The van der Waals surface area contributed by atoms with Crippen LogP contribution in [0.2, 0.25) is 0 Å². The van der Waals surface area contributed by atoms with Crippen molar-refractivity contribution in [1.29, 1.82) is 0 Å². The molecule has 0 aromatic heterocycles. The van der Waals surface area contributed by atoms with Crippen LogP contribution >= 0.6 is 0 Å². The molecule has 0 fully saturated rings. The Kier molecular flexibility index (Phi) is 4.36. The number of hydrogen-bond acceptors (Lipinski definition) is 3. The van der Waals surface area contributed by atoms with E-state index in [1.54, 1.807) is 0 Å². The monoisotopic (exact) mass is 247 g/mol. The smallest absolute Gasteiger partial charge is 0.250 e. The highest BCUT2D eigenvalue weighted by Gasteiger charge is 2.18. The van der Waals surface area contributed by atoms with Gasteiger partial charge < -0.3 is 15.2 Å². The van der Waals surface area contributed by atoms with Crippen molar-refractivity contribution < 1.29 is 14.6 Å². The number of amides is 1. The lowest BCUT2D eigenvalue weighted by molar-refractivity contribution is -0.119. The van der Waals surface area contributed by atoms with Crippen molar-refractivity contribution in [3.63, 3.8) is 0 Å². The number of hydrogen-bond donors (Lipinski definition) is 2. The highest BCUT2D eigenvalue weighted by Crippen LogP contribution is 2.16. The average Bonchev–Trinajstić information content (AvgIpc) is 2.46. The van der Waals surface area contributed by atoms with E-state index in [-0.39, 0.29) is 18.6 Å². The van der Waals surface area contributed by atoms with Crippen molar-refractivity contribution in [3.05, 3.63) is 47.7 Å². The summed E-state index contributed by atoms with van der Waals surface area (Å²) in [5, 5.41) is 12.2. The molecule has 0 bridgehead atoms. The van der Waals surface area contributed by atoms with Crippen molar-refractivity contribution in [1.82, 2.24) is 5.32 Å². The van der Waals surface area contributed by atoms with Gasteiger partial charge in [-0.2, -0.15) is 0 Å². The van der Waals surface area contributed by atoms with Gasteiger partial charge in [-0.25, -0.2) is 0 Å². The van der Waals surface area contributed by atoms with E-state index in [0.717, 1.165) is 18.4 Å². The first-order valence-electron chi connectivity index (χ1n) is 6.08. The second-order valence-electron chi connectivity index (χ2n) is 4.24. The normalized spacial score (nSPS) is 16.4. The molecule has 1 aliphatic rings. The van der Waals surface area contributed by atoms with E-state index in [0.29, 0.717) is 12.2 Å². The van der Waals surface area contributed by atoms with Gasteiger partial charge in [0.05, 0.1) is 31.1 Å². The fraction of sp³-hybridized carbons (Fsp3) is 0.357. The molecule has 96 valence electrons. The lowest BCUT2D eigenvalue weighted by Crippen LogP contribution is -2.32. The standard InChI is InChI=1S/C14H17NO3/c16-9-13(11-5-2-1-3-6-11)15-14(17)12-7-4-8-18-10-12/h1-3,5-6,10,13,16H,4,7-9H2,(H,15,17)/t13-/m1/s1. The van der Waals surface area contributed by atoms with E-state index in [4.69, 9.17) is 4.74 Å². The first kappa shape index (κ1) is 12.6. The summed E-state index contributed by atoms with van der Waals surface area (Å²) >= 11 is 0. The quantitative estimate of drug-likeness (QED) is 0.848. The largest absolute Gasteiger partial charge is 0.501 e. The number of carbonyl (C=O) groups excluding carboxylic acids is 1. The molecule has 0 saturated heterocycles. The Morgan fingerprint density at radius 3 is 2.78 bits per heavy atom. The maximum Gasteiger partial charge on any atom is 0.250 e. The summed E-state index contributed by atoms with van der Waals surface area (Å²) < 4.78 is 5.14. The van der Waals surface area contributed by atoms with Crippen LogP contribution in [0.25, 0.3) is 0 Å². The van der Waals surface area contributed by atoms with Crippen LogP contribution in [-0.4, -0.2) is 24.2 Å². The summed E-state index contributed by atoms with van der Waals surface area (Å²) in [6.07, 6.45) is 3.09. The Morgan fingerprint density at radius 2 is 2.17 bits per heavy atom. The van der Waals surface area contributed by atoms with Crippen LogP contribution in [0.15, 0.2) is 42.2 Å². The van der Waals surface area contributed by atoms with E-state index >= 15 is 0 Å². The topological polar surface area (TPSA) is 58.6 Å². The molecule has 1 aliphatic heterocycles. The SMILES string of the molecule is O=C(N[C@H](CO)c1ccccc1)C1=COCCC1. The Hall–Kier alpha value is -1.81. The maximum atomic E-state index is 12.0. The van der Waals surface area contributed by atoms with Gasteiger partial charge in [0, 0.05) is 0 Å². The second kappa shape index (κ2) is 6.21. The van der Waals surface area contributed by atoms with Gasteiger partial charge in [0.25, 0.3) is 5.91 Å². The van der Waals surface area contributed by atoms with Crippen molar-refractivity contribution in [2.75, 3.05) is 13.2 Å². The molecule has 1 amide bonds. The third-order valence-electron chi connectivity index (χ3n) is 2.92. The van der Waals surface area contributed by atoms with Gasteiger partial charge in [0.2, 0.25) is 0 Å². The van der Waals surface area contributed by atoms with Crippen LogP contribution in [0.4, 0.5) is 0 Å². The molecule has 0 unspecified atom stereocenters. The van der Waals surface area contributed by atoms with Crippen molar-refractivity contribution in [2.45, 2.75) is 18.9 Å². The lowest BCUT2D eigenvalue weighted by Gasteiger charge is -2.19. The fourth-order valence-electron chi connectivity index (χ4n) is 1.90. The van der Waals surface area contributed by atoms with Gasteiger partial charge in [-0.05, 0) is 18.4 Å². The number of carbonyl (C=O) groups is 1. The minimum absolute atomic E-state index is 0.121. The van der Waals surface area contributed by atoms with Gasteiger partial charge in [-0.15, -0.1) is 0 Å². The van der Waals surface area contributed by atoms with E-state index < -0.39 is 0 Å².